The van der Waals surface area contributed by atoms with Crippen LogP contribution in [-0.2, 0) is 0 Å². The summed E-state index contributed by atoms with van der Waals surface area (Å²) >= 11 is 0. The Morgan fingerprint density at radius 3 is 1.26 bits per heavy atom. The molecule has 0 aromatic carbocycles. The Morgan fingerprint density at radius 1 is 0.593 bits per heavy atom. The summed E-state index contributed by atoms with van der Waals surface area (Å²) in [6, 6.07) is -0.176. The Balaban J connectivity index is 3.04. The van der Waals surface area contributed by atoms with Gasteiger partial charge in [0.05, 0.1) is 6.61 Å². The predicted molar refractivity (Wildman–Crippen MR) is 122 cm³/mol. The van der Waals surface area contributed by atoms with Crippen LogP contribution in [0.3, 0.4) is 0 Å². The average Bonchev–Trinajstić information content (AvgIpc) is 2.68. The molecule has 27 heavy (non-hydrogen) atoms. The third kappa shape index (κ3) is 23.6. The van der Waals surface area contributed by atoms with E-state index in [0.29, 0.717) is 0 Å². The molecule has 0 rings (SSSR count). The molecule has 0 radical (unpaired) electrons. The summed E-state index contributed by atoms with van der Waals surface area (Å²) in [7, 11) is 0. The van der Waals surface area contributed by atoms with Gasteiger partial charge in [0.25, 0.3) is 0 Å². The molecule has 0 aliphatic rings. The van der Waals surface area contributed by atoms with Crippen molar-refractivity contribution in [2.45, 2.75) is 141 Å². The van der Waals surface area contributed by atoms with E-state index >= 15 is 0 Å². The number of nitrogens with two attached hydrogens (primary N) is 1. The average molecular weight is 382 g/mol. The van der Waals surface area contributed by atoms with Crippen LogP contribution in [0.15, 0.2) is 12.2 Å². The SMILES string of the molecule is CCCCCCCCCCCCCCCCCCCCC/C=C/C(N)CO. The van der Waals surface area contributed by atoms with Gasteiger partial charge in [0.15, 0.2) is 0 Å². The van der Waals surface area contributed by atoms with Crippen LogP contribution in [0.5, 0.6) is 0 Å². The second kappa shape index (κ2) is 23.7. The Morgan fingerprint density at radius 2 is 0.926 bits per heavy atom. The van der Waals surface area contributed by atoms with Gasteiger partial charge in [0.2, 0.25) is 0 Å². The summed E-state index contributed by atoms with van der Waals surface area (Å²) < 4.78 is 0. The molecule has 0 aliphatic heterocycles. The summed E-state index contributed by atoms with van der Waals surface area (Å²) in [5.74, 6) is 0. The van der Waals surface area contributed by atoms with Crippen LogP contribution in [0.1, 0.15) is 135 Å². The normalized spacial score (nSPS) is 12.9. The lowest BCUT2D eigenvalue weighted by molar-refractivity contribution is 0.284. The summed E-state index contributed by atoms with van der Waals surface area (Å²) in [4.78, 5) is 0. The number of hydrogen-bond acceptors (Lipinski definition) is 2. The van der Waals surface area contributed by atoms with E-state index in [9.17, 15) is 0 Å². The van der Waals surface area contributed by atoms with Crippen molar-refractivity contribution < 1.29 is 5.11 Å². The molecule has 0 saturated carbocycles. The van der Waals surface area contributed by atoms with Gasteiger partial charge in [-0.2, -0.15) is 0 Å². The standard InChI is InChI=1S/C25H51NO/c1-2-3-4-5-6-7-8-9-10-11-12-13-14-15-16-17-18-19-20-21-22-23-25(26)24-27/h22-23,25,27H,2-21,24,26H2,1H3/b23-22+. The number of aliphatic hydroxyl groups excluding tert-OH is 1. The molecule has 3 N–H and O–H groups in total. The van der Waals surface area contributed by atoms with E-state index in [-0.39, 0.29) is 12.6 Å². The first-order chi connectivity index (χ1) is 13.3. The zero-order valence-corrected chi connectivity index (χ0v) is 18.6. The smallest absolute Gasteiger partial charge is 0.0618 e. The molecule has 0 fully saturated rings. The molecule has 2 nitrogen and oxygen atoms in total. The Bertz CT molecular complexity index is 290. The minimum Gasteiger partial charge on any atom is -0.394 e. The maximum absolute atomic E-state index is 8.82. The van der Waals surface area contributed by atoms with Crippen molar-refractivity contribution >= 4 is 0 Å². The van der Waals surface area contributed by atoms with Crippen molar-refractivity contribution in [3.63, 3.8) is 0 Å². The molecule has 0 saturated heterocycles. The van der Waals surface area contributed by atoms with Gasteiger partial charge < -0.3 is 10.8 Å². The van der Waals surface area contributed by atoms with E-state index in [2.05, 4.69) is 13.0 Å². The number of rotatable bonds is 22. The van der Waals surface area contributed by atoms with Crippen LogP contribution in [0.4, 0.5) is 0 Å². The molecular weight excluding hydrogens is 330 g/mol. The van der Waals surface area contributed by atoms with Crippen LogP contribution in [-0.4, -0.2) is 17.8 Å². The third-order valence-electron chi connectivity index (χ3n) is 5.57. The first-order valence-electron chi connectivity index (χ1n) is 12.3. The highest BCUT2D eigenvalue weighted by molar-refractivity contribution is 4.90. The largest absolute Gasteiger partial charge is 0.394 e. The lowest BCUT2D eigenvalue weighted by Crippen LogP contribution is -2.20. The predicted octanol–water partition coefficient (Wildman–Crippen LogP) is 7.68. The minimum absolute atomic E-state index is 0.0513. The molecule has 0 aromatic rings. The first-order valence-corrected chi connectivity index (χ1v) is 12.3. The van der Waals surface area contributed by atoms with E-state index < -0.39 is 0 Å². The van der Waals surface area contributed by atoms with Crippen molar-refractivity contribution in [2.24, 2.45) is 5.73 Å². The first kappa shape index (κ1) is 26.7. The molecular formula is C25H51NO. The summed E-state index contributed by atoms with van der Waals surface area (Å²) in [6.07, 6.45) is 32.2. The monoisotopic (exact) mass is 381 g/mol. The molecule has 0 spiro atoms. The molecule has 0 heterocycles. The van der Waals surface area contributed by atoms with Crippen LogP contribution < -0.4 is 5.73 Å². The summed E-state index contributed by atoms with van der Waals surface area (Å²) in [5, 5.41) is 8.82. The highest BCUT2D eigenvalue weighted by atomic mass is 16.3. The fourth-order valence-corrected chi connectivity index (χ4v) is 3.67. The van der Waals surface area contributed by atoms with E-state index in [1.54, 1.807) is 0 Å². The zero-order valence-electron chi connectivity index (χ0n) is 18.6. The van der Waals surface area contributed by atoms with E-state index in [1.807, 2.05) is 6.08 Å². The molecule has 0 aromatic heterocycles. The van der Waals surface area contributed by atoms with Gasteiger partial charge in [0.1, 0.15) is 0 Å². The van der Waals surface area contributed by atoms with Crippen molar-refractivity contribution in [1.82, 2.24) is 0 Å². The summed E-state index contributed by atoms with van der Waals surface area (Å²) in [6.45, 7) is 2.34. The molecule has 162 valence electrons. The fourth-order valence-electron chi connectivity index (χ4n) is 3.67. The lowest BCUT2D eigenvalue weighted by atomic mass is 10.0. The molecule has 0 bridgehead atoms. The van der Waals surface area contributed by atoms with Gasteiger partial charge in [0, 0.05) is 6.04 Å². The highest BCUT2D eigenvalue weighted by Crippen LogP contribution is 2.14. The second-order valence-electron chi connectivity index (χ2n) is 8.43. The second-order valence-corrected chi connectivity index (χ2v) is 8.43. The Labute approximate surface area is 171 Å². The maximum Gasteiger partial charge on any atom is 0.0618 e. The number of hydrogen-bond donors (Lipinski definition) is 2. The molecule has 2 heteroatoms. The minimum atomic E-state index is -0.176. The van der Waals surface area contributed by atoms with Gasteiger partial charge in [-0.3, -0.25) is 0 Å². The van der Waals surface area contributed by atoms with Crippen molar-refractivity contribution in [3.8, 4) is 0 Å². The third-order valence-corrected chi connectivity index (χ3v) is 5.57. The van der Waals surface area contributed by atoms with Gasteiger partial charge in [-0.1, -0.05) is 135 Å². The van der Waals surface area contributed by atoms with Crippen LogP contribution in [0.25, 0.3) is 0 Å². The maximum atomic E-state index is 8.82. The fraction of sp³-hybridized carbons (Fsp3) is 0.920. The number of unbranched alkanes of at least 4 members (excludes halogenated alkanes) is 19. The van der Waals surface area contributed by atoms with Crippen molar-refractivity contribution in [3.05, 3.63) is 12.2 Å². The molecule has 0 amide bonds. The van der Waals surface area contributed by atoms with Gasteiger partial charge >= 0.3 is 0 Å². The van der Waals surface area contributed by atoms with Crippen LogP contribution >= 0.6 is 0 Å². The van der Waals surface area contributed by atoms with Crippen molar-refractivity contribution in [1.29, 1.82) is 0 Å². The van der Waals surface area contributed by atoms with E-state index in [4.69, 9.17) is 10.8 Å². The van der Waals surface area contributed by atoms with Crippen LogP contribution in [0.2, 0.25) is 0 Å². The van der Waals surface area contributed by atoms with Crippen molar-refractivity contribution in [2.75, 3.05) is 6.61 Å². The number of aliphatic hydroxyl groups is 1. The van der Waals surface area contributed by atoms with E-state index in [0.717, 1.165) is 6.42 Å². The highest BCUT2D eigenvalue weighted by Gasteiger charge is 1.95. The molecule has 1 atom stereocenters. The Kier molecular flexibility index (Phi) is 23.4. The summed E-state index contributed by atoms with van der Waals surface area (Å²) in [5.41, 5.74) is 5.62. The Hall–Kier alpha value is -0.340. The topological polar surface area (TPSA) is 46.2 Å². The molecule has 0 aliphatic carbocycles. The number of allylic oxidation sites excluding steroid dienone is 1. The van der Waals surface area contributed by atoms with E-state index in [1.165, 1.54) is 122 Å². The van der Waals surface area contributed by atoms with Gasteiger partial charge in [-0.15, -0.1) is 0 Å². The molecule has 1 unspecified atom stereocenters. The van der Waals surface area contributed by atoms with Crippen LogP contribution in [0, 0.1) is 0 Å². The van der Waals surface area contributed by atoms with Gasteiger partial charge in [-0.05, 0) is 12.8 Å². The zero-order chi connectivity index (χ0) is 19.8. The van der Waals surface area contributed by atoms with Gasteiger partial charge in [-0.25, -0.2) is 0 Å². The quantitative estimate of drug-likeness (QED) is 0.149. The lowest BCUT2D eigenvalue weighted by Gasteiger charge is -2.04.